The average Bonchev–Trinajstić information content (AvgIpc) is 2.63. The fraction of sp³-hybridized carbons (Fsp3) is 1.00. The number of nitrogens with one attached hydrogen (secondary N) is 1. The van der Waals surface area contributed by atoms with Gasteiger partial charge in [0.15, 0.2) is 0 Å². The van der Waals surface area contributed by atoms with Crippen LogP contribution >= 0.6 is 12.4 Å². The summed E-state index contributed by atoms with van der Waals surface area (Å²) in [4.78, 5) is 0. The molecule has 0 amide bonds. The van der Waals surface area contributed by atoms with E-state index in [2.05, 4.69) is 4.72 Å². The van der Waals surface area contributed by atoms with Crippen LogP contribution in [0.2, 0.25) is 0 Å². The first-order valence-corrected chi connectivity index (χ1v) is 7.83. The minimum Gasteiger partial charge on any atom is -0.330 e. The molecule has 104 valence electrons. The number of hydrogen-bond donors (Lipinski definition) is 2. The molecule has 6 heteroatoms. The van der Waals surface area contributed by atoms with E-state index < -0.39 is 10.0 Å². The number of sulfonamides is 1. The zero-order valence-electron chi connectivity index (χ0n) is 10.7. The van der Waals surface area contributed by atoms with Crippen LogP contribution in [0, 0.1) is 11.8 Å². The van der Waals surface area contributed by atoms with Crippen LogP contribution in [0.15, 0.2) is 0 Å². The Labute approximate surface area is 111 Å². The standard InChI is InChI=1S/C11H24N2O2S.ClH/c1-3-9(2)8-16(14,15)13-11-6-4-5-10(11)7-12;/h9-11,13H,3-8,12H2,1-2H3;1H. The molecule has 4 nitrogen and oxygen atoms in total. The van der Waals surface area contributed by atoms with Crippen LogP contribution in [0.1, 0.15) is 39.5 Å². The first kappa shape index (κ1) is 17.2. The lowest BCUT2D eigenvalue weighted by atomic mass is 10.1. The minimum absolute atomic E-state index is 0. The summed E-state index contributed by atoms with van der Waals surface area (Å²) in [7, 11) is -3.12. The Morgan fingerprint density at radius 2 is 2.06 bits per heavy atom. The molecule has 0 bridgehead atoms. The van der Waals surface area contributed by atoms with Crippen LogP contribution in [0.4, 0.5) is 0 Å². The Morgan fingerprint density at radius 1 is 1.41 bits per heavy atom. The smallest absolute Gasteiger partial charge is 0.212 e. The highest BCUT2D eigenvalue weighted by Crippen LogP contribution is 2.25. The van der Waals surface area contributed by atoms with Gasteiger partial charge in [0, 0.05) is 6.04 Å². The van der Waals surface area contributed by atoms with Gasteiger partial charge in [0.2, 0.25) is 10.0 Å². The van der Waals surface area contributed by atoms with Crippen LogP contribution in [0.5, 0.6) is 0 Å². The Hall–Kier alpha value is 0.160. The van der Waals surface area contributed by atoms with Gasteiger partial charge in [-0.1, -0.05) is 26.7 Å². The van der Waals surface area contributed by atoms with E-state index in [-0.39, 0.29) is 30.1 Å². The molecule has 3 N–H and O–H groups in total. The maximum Gasteiger partial charge on any atom is 0.212 e. The Morgan fingerprint density at radius 3 is 2.59 bits per heavy atom. The lowest BCUT2D eigenvalue weighted by Gasteiger charge is -2.20. The maximum atomic E-state index is 11.9. The summed E-state index contributed by atoms with van der Waals surface area (Å²) < 4.78 is 26.5. The summed E-state index contributed by atoms with van der Waals surface area (Å²) in [6.45, 7) is 4.56. The summed E-state index contributed by atoms with van der Waals surface area (Å²) in [5.41, 5.74) is 5.64. The molecule has 1 saturated carbocycles. The fourth-order valence-electron chi connectivity index (χ4n) is 2.25. The number of halogens is 1. The van der Waals surface area contributed by atoms with Crippen molar-refractivity contribution in [3.05, 3.63) is 0 Å². The predicted octanol–water partition coefficient (Wildman–Crippen LogP) is 1.50. The van der Waals surface area contributed by atoms with Gasteiger partial charge in [-0.2, -0.15) is 0 Å². The van der Waals surface area contributed by atoms with Crippen molar-refractivity contribution in [3.8, 4) is 0 Å². The van der Waals surface area contributed by atoms with E-state index in [1.165, 1.54) is 0 Å². The van der Waals surface area contributed by atoms with Crippen LogP contribution in [0.25, 0.3) is 0 Å². The molecule has 3 unspecified atom stereocenters. The van der Waals surface area contributed by atoms with Crippen LogP contribution < -0.4 is 10.5 Å². The molecular weight excluding hydrogens is 260 g/mol. The fourth-order valence-corrected chi connectivity index (χ4v) is 4.10. The summed E-state index contributed by atoms with van der Waals surface area (Å²) in [5.74, 6) is 0.777. The molecule has 1 fully saturated rings. The summed E-state index contributed by atoms with van der Waals surface area (Å²) >= 11 is 0. The van der Waals surface area contributed by atoms with Crippen molar-refractivity contribution in [2.24, 2.45) is 17.6 Å². The van der Waals surface area contributed by atoms with Gasteiger partial charge in [-0.15, -0.1) is 12.4 Å². The second-order valence-electron chi connectivity index (χ2n) is 4.95. The molecule has 3 atom stereocenters. The van der Waals surface area contributed by atoms with E-state index >= 15 is 0 Å². The van der Waals surface area contributed by atoms with Gasteiger partial charge in [0.05, 0.1) is 5.75 Å². The Kier molecular flexibility index (Phi) is 7.63. The molecule has 1 aliphatic carbocycles. The van der Waals surface area contributed by atoms with Crippen molar-refractivity contribution in [2.75, 3.05) is 12.3 Å². The monoisotopic (exact) mass is 284 g/mol. The van der Waals surface area contributed by atoms with Crippen molar-refractivity contribution in [2.45, 2.75) is 45.6 Å². The van der Waals surface area contributed by atoms with Crippen molar-refractivity contribution >= 4 is 22.4 Å². The number of hydrogen-bond acceptors (Lipinski definition) is 3. The second-order valence-corrected chi connectivity index (χ2v) is 6.74. The quantitative estimate of drug-likeness (QED) is 0.776. The van der Waals surface area contributed by atoms with E-state index in [9.17, 15) is 8.42 Å². The third kappa shape index (κ3) is 5.55. The molecule has 1 aliphatic rings. The van der Waals surface area contributed by atoms with Gasteiger partial charge in [-0.25, -0.2) is 13.1 Å². The van der Waals surface area contributed by atoms with E-state index in [0.29, 0.717) is 12.5 Å². The van der Waals surface area contributed by atoms with Gasteiger partial charge >= 0.3 is 0 Å². The largest absolute Gasteiger partial charge is 0.330 e. The maximum absolute atomic E-state index is 11.9. The SMILES string of the molecule is CCC(C)CS(=O)(=O)NC1CCCC1CN.Cl. The summed E-state index contributed by atoms with van der Waals surface area (Å²) in [6, 6.07) is 0.0686. The van der Waals surface area contributed by atoms with E-state index in [1.807, 2.05) is 13.8 Å². The van der Waals surface area contributed by atoms with Crippen molar-refractivity contribution in [3.63, 3.8) is 0 Å². The van der Waals surface area contributed by atoms with Crippen molar-refractivity contribution in [1.82, 2.24) is 4.72 Å². The lowest BCUT2D eigenvalue weighted by molar-refractivity contribution is 0.449. The molecule has 0 spiro atoms. The molecule has 0 aliphatic heterocycles. The molecule has 0 radical (unpaired) electrons. The van der Waals surface area contributed by atoms with Crippen LogP contribution in [0.3, 0.4) is 0 Å². The number of nitrogens with two attached hydrogens (primary N) is 1. The average molecular weight is 285 g/mol. The second kappa shape index (κ2) is 7.56. The Bertz CT molecular complexity index is 309. The topological polar surface area (TPSA) is 72.2 Å². The third-order valence-electron chi connectivity index (χ3n) is 3.49. The predicted molar refractivity (Wildman–Crippen MR) is 73.8 cm³/mol. The normalized spacial score (nSPS) is 26.5. The van der Waals surface area contributed by atoms with Gasteiger partial charge in [-0.3, -0.25) is 0 Å². The van der Waals surface area contributed by atoms with E-state index in [4.69, 9.17) is 5.73 Å². The van der Waals surface area contributed by atoms with Gasteiger partial charge in [-0.05, 0) is 31.2 Å². The van der Waals surface area contributed by atoms with Crippen molar-refractivity contribution in [1.29, 1.82) is 0 Å². The molecule has 17 heavy (non-hydrogen) atoms. The highest BCUT2D eigenvalue weighted by molar-refractivity contribution is 7.89. The van der Waals surface area contributed by atoms with E-state index in [1.54, 1.807) is 0 Å². The zero-order valence-corrected chi connectivity index (χ0v) is 12.3. The Balaban J connectivity index is 0.00000256. The summed E-state index contributed by atoms with van der Waals surface area (Å²) in [6.07, 6.45) is 3.96. The highest BCUT2D eigenvalue weighted by Gasteiger charge is 2.29. The molecule has 0 heterocycles. The molecular formula is C11H25ClN2O2S. The lowest BCUT2D eigenvalue weighted by Crippen LogP contribution is -2.41. The molecule has 0 aromatic rings. The highest BCUT2D eigenvalue weighted by atomic mass is 35.5. The summed E-state index contributed by atoms with van der Waals surface area (Å²) in [5, 5.41) is 0. The minimum atomic E-state index is -3.12. The van der Waals surface area contributed by atoms with Crippen LogP contribution in [-0.4, -0.2) is 26.8 Å². The van der Waals surface area contributed by atoms with Crippen LogP contribution in [-0.2, 0) is 10.0 Å². The molecule has 1 rings (SSSR count). The molecule has 0 aromatic heterocycles. The zero-order chi connectivity index (χ0) is 12.2. The van der Waals surface area contributed by atoms with Gasteiger partial charge in [0.1, 0.15) is 0 Å². The molecule has 0 aromatic carbocycles. The molecule has 0 saturated heterocycles. The van der Waals surface area contributed by atoms with Gasteiger partial charge in [0.25, 0.3) is 0 Å². The first-order chi connectivity index (χ1) is 7.48. The van der Waals surface area contributed by atoms with Crippen molar-refractivity contribution < 1.29 is 8.42 Å². The van der Waals surface area contributed by atoms with Gasteiger partial charge < -0.3 is 5.73 Å². The first-order valence-electron chi connectivity index (χ1n) is 6.18. The third-order valence-corrected chi connectivity index (χ3v) is 5.16. The van der Waals surface area contributed by atoms with E-state index in [0.717, 1.165) is 25.7 Å². The number of rotatable bonds is 6.